The zero-order chi connectivity index (χ0) is 11.8. The van der Waals surface area contributed by atoms with Gasteiger partial charge < -0.3 is 4.74 Å². The van der Waals surface area contributed by atoms with E-state index in [2.05, 4.69) is 9.97 Å². The van der Waals surface area contributed by atoms with Crippen LogP contribution in [0.3, 0.4) is 0 Å². The van der Waals surface area contributed by atoms with Gasteiger partial charge in [0.2, 0.25) is 11.7 Å². The number of hydrogen-bond donors (Lipinski definition) is 0. The van der Waals surface area contributed by atoms with E-state index in [1.54, 1.807) is 6.92 Å². The van der Waals surface area contributed by atoms with Crippen LogP contribution in [0, 0.1) is 6.92 Å². The van der Waals surface area contributed by atoms with E-state index >= 15 is 0 Å². The van der Waals surface area contributed by atoms with Crippen molar-refractivity contribution in [1.29, 1.82) is 0 Å². The second kappa shape index (κ2) is 3.66. The predicted molar refractivity (Wildman–Crippen MR) is 62.0 cm³/mol. The van der Waals surface area contributed by atoms with Crippen molar-refractivity contribution in [3.63, 3.8) is 0 Å². The van der Waals surface area contributed by atoms with Gasteiger partial charge >= 0.3 is 0 Å². The number of rotatable bonds is 1. The molecular weight excluding hydrogens is 216 g/mol. The molecule has 0 N–H and O–H groups in total. The molecule has 0 saturated carbocycles. The topological polar surface area (TPSA) is 52.1 Å². The third-order valence-corrected chi connectivity index (χ3v) is 2.71. The summed E-state index contributed by atoms with van der Waals surface area (Å²) >= 11 is 0. The molecule has 0 unspecified atom stereocenters. The van der Waals surface area contributed by atoms with Crippen molar-refractivity contribution in [2.75, 3.05) is 6.61 Å². The fourth-order valence-corrected chi connectivity index (χ4v) is 1.89. The molecule has 3 rings (SSSR count). The maximum atomic E-state index is 11.5. The van der Waals surface area contributed by atoms with Gasteiger partial charge in [-0.05, 0) is 6.92 Å². The summed E-state index contributed by atoms with van der Waals surface area (Å²) in [4.78, 5) is 20.2. The maximum Gasteiger partial charge on any atom is 0.228 e. The Labute approximate surface area is 98.3 Å². The maximum absolute atomic E-state index is 11.5. The van der Waals surface area contributed by atoms with Crippen molar-refractivity contribution >= 4 is 5.78 Å². The number of Topliss-reactive ketones (excluding diaryl/α,β-unsaturated/α-hetero) is 1. The van der Waals surface area contributed by atoms with Crippen molar-refractivity contribution in [2.24, 2.45) is 0 Å². The smallest absolute Gasteiger partial charge is 0.228 e. The summed E-state index contributed by atoms with van der Waals surface area (Å²) in [6, 6.07) is 9.64. The minimum Gasteiger partial charge on any atom is -0.469 e. The van der Waals surface area contributed by atoms with Gasteiger partial charge in [-0.3, -0.25) is 4.79 Å². The van der Waals surface area contributed by atoms with Crippen molar-refractivity contribution in [2.45, 2.75) is 6.92 Å². The first-order valence-electron chi connectivity index (χ1n) is 5.36. The van der Waals surface area contributed by atoms with Gasteiger partial charge in [-0.1, -0.05) is 30.3 Å². The molecule has 1 aliphatic rings. The Bertz CT molecular complexity index is 594. The van der Waals surface area contributed by atoms with Crippen LogP contribution in [-0.4, -0.2) is 22.4 Å². The number of benzene rings is 1. The van der Waals surface area contributed by atoms with Crippen LogP contribution in [0.4, 0.5) is 0 Å². The fraction of sp³-hybridized carbons (Fsp3) is 0.154. The highest BCUT2D eigenvalue weighted by Gasteiger charge is 2.26. The van der Waals surface area contributed by atoms with Gasteiger partial charge in [0.25, 0.3) is 0 Å². The Morgan fingerprint density at radius 3 is 2.71 bits per heavy atom. The number of nitrogens with zero attached hydrogens (tertiary/aromatic N) is 2. The number of aryl methyl sites for hydroxylation is 1. The molecule has 4 nitrogen and oxygen atoms in total. The summed E-state index contributed by atoms with van der Waals surface area (Å²) in [6.07, 6.45) is 0. The Morgan fingerprint density at radius 2 is 1.94 bits per heavy atom. The summed E-state index contributed by atoms with van der Waals surface area (Å²) in [5.74, 6) is 0.954. The van der Waals surface area contributed by atoms with Gasteiger partial charge in [0.1, 0.15) is 5.56 Å². The van der Waals surface area contributed by atoms with Gasteiger partial charge in [-0.15, -0.1) is 0 Å². The first-order chi connectivity index (χ1) is 8.25. The summed E-state index contributed by atoms with van der Waals surface area (Å²) < 4.78 is 5.25. The van der Waals surface area contributed by atoms with Crippen LogP contribution in [0.2, 0.25) is 0 Å². The number of carbonyl (C=O) groups excluding carboxylic acids is 1. The largest absolute Gasteiger partial charge is 0.469 e. The molecule has 0 spiro atoms. The molecule has 4 heteroatoms. The van der Waals surface area contributed by atoms with Crippen LogP contribution in [0.15, 0.2) is 30.3 Å². The molecule has 0 fully saturated rings. The molecule has 0 saturated heterocycles. The third-order valence-electron chi connectivity index (χ3n) is 2.71. The SMILES string of the molecule is Cc1nc(-c2ccccc2)nc2c1C(=O)CO2. The van der Waals surface area contributed by atoms with Crippen LogP contribution >= 0.6 is 0 Å². The molecule has 1 aromatic carbocycles. The lowest BCUT2D eigenvalue weighted by Gasteiger charge is -2.04. The summed E-state index contributed by atoms with van der Waals surface area (Å²) in [6.45, 7) is 1.88. The molecule has 0 atom stereocenters. The predicted octanol–water partition coefficient (Wildman–Crippen LogP) is 2.03. The molecule has 1 aromatic heterocycles. The number of hydrogen-bond acceptors (Lipinski definition) is 4. The van der Waals surface area contributed by atoms with Gasteiger partial charge in [0, 0.05) is 5.56 Å². The lowest BCUT2D eigenvalue weighted by molar-refractivity contribution is 0.0960. The average Bonchev–Trinajstić information content (AvgIpc) is 2.73. The zero-order valence-electron chi connectivity index (χ0n) is 9.30. The molecule has 0 amide bonds. The van der Waals surface area contributed by atoms with Crippen LogP contribution in [0.25, 0.3) is 11.4 Å². The number of aromatic nitrogens is 2. The Hall–Kier alpha value is -2.23. The zero-order valence-corrected chi connectivity index (χ0v) is 9.30. The Kier molecular flexibility index (Phi) is 2.14. The van der Waals surface area contributed by atoms with Crippen LogP contribution < -0.4 is 4.74 Å². The highest BCUT2D eigenvalue weighted by atomic mass is 16.5. The van der Waals surface area contributed by atoms with E-state index in [0.717, 1.165) is 5.56 Å². The molecule has 0 aliphatic carbocycles. The summed E-state index contributed by atoms with van der Waals surface area (Å²) in [5, 5.41) is 0. The number of fused-ring (bicyclic) bond motifs is 1. The van der Waals surface area contributed by atoms with Crippen LogP contribution in [0.5, 0.6) is 5.88 Å². The second-order valence-corrected chi connectivity index (χ2v) is 3.89. The normalized spacial score (nSPS) is 13.4. The molecule has 2 heterocycles. The minimum absolute atomic E-state index is 0.0443. The van der Waals surface area contributed by atoms with E-state index in [4.69, 9.17) is 4.74 Å². The number of ether oxygens (including phenoxy) is 1. The minimum atomic E-state index is -0.0443. The lowest BCUT2D eigenvalue weighted by atomic mass is 10.1. The van der Waals surface area contributed by atoms with Gasteiger partial charge in [0.15, 0.2) is 12.4 Å². The lowest BCUT2D eigenvalue weighted by Crippen LogP contribution is -2.02. The summed E-state index contributed by atoms with van der Waals surface area (Å²) in [5.41, 5.74) is 2.11. The van der Waals surface area contributed by atoms with Crippen LogP contribution in [-0.2, 0) is 0 Å². The second-order valence-electron chi connectivity index (χ2n) is 3.89. The van der Waals surface area contributed by atoms with Crippen LogP contribution in [0.1, 0.15) is 16.1 Å². The fourth-order valence-electron chi connectivity index (χ4n) is 1.89. The van der Waals surface area contributed by atoms with E-state index < -0.39 is 0 Å². The first kappa shape index (κ1) is 9.96. The van der Waals surface area contributed by atoms with E-state index in [1.807, 2.05) is 30.3 Å². The third kappa shape index (κ3) is 1.58. The molecular formula is C13H10N2O2. The molecule has 0 bridgehead atoms. The molecule has 1 aliphatic heterocycles. The van der Waals surface area contributed by atoms with Gasteiger partial charge in [0.05, 0.1) is 5.69 Å². The molecule has 84 valence electrons. The van der Waals surface area contributed by atoms with Gasteiger partial charge in [-0.25, -0.2) is 4.98 Å². The highest BCUT2D eigenvalue weighted by Crippen LogP contribution is 2.27. The van der Waals surface area contributed by atoms with Crippen molar-refractivity contribution in [1.82, 2.24) is 9.97 Å². The van der Waals surface area contributed by atoms with E-state index in [1.165, 1.54) is 0 Å². The van der Waals surface area contributed by atoms with E-state index in [-0.39, 0.29) is 12.4 Å². The Balaban J connectivity index is 2.16. The molecule has 17 heavy (non-hydrogen) atoms. The standard InChI is InChI=1S/C13H10N2O2/c1-8-11-10(16)7-17-13(11)15-12(14-8)9-5-3-2-4-6-9/h2-6H,7H2,1H3. The average molecular weight is 226 g/mol. The van der Waals surface area contributed by atoms with Gasteiger partial charge in [-0.2, -0.15) is 4.98 Å². The quantitative estimate of drug-likeness (QED) is 0.746. The highest BCUT2D eigenvalue weighted by molar-refractivity contribution is 6.02. The summed E-state index contributed by atoms with van der Waals surface area (Å²) in [7, 11) is 0. The van der Waals surface area contributed by atoms with E-state index in [9.17, 15) is 4.79 Å². The monoisotopic (exact) mass is 226 g/mol. The van der Waals surface area contributed by atoms with E-state index in [0.29, 0.717) is 23.0 Å². The van der Waals surface area contributed by atoms with Crippen molar-refractivity contribution in [3.05, 3.63) is 41.6 Å². The molecule has 0 radical (unpaired) electrons. The van der Waals surface area contributed by atoms with Crippen molar-refractivity contribution in [3.8, 4) is 17.3 Å². The number of carbonyl (C=O) groups is 1. The Morgan fingerprint density at radius 1 is 1.18 bits per heavy atom. The first-order valence-corrected chi connectivity index (χ1v) is 5.36. The van der Waals surface area contributed by atoms with Crippen molar-refractivity contribution < 1.29 is 9.53 Å². The molecule has 2 aromatic rings. The number of ketones is 1.